The maximum atomic E-state index is 12.8. The van der Waals surface area contributed by atoms with Crippen LogP contribution in [0.4, 0.5) is 11.4 Å². The number of hydrogen-bond acceptors (Lipinski definition) is 5. The first-order chi connectivity index (χ1) is 11.9. The average Bonchev–Trinajstić information content (AvgIpc) is 3.10. The van der Waals surface area contributed by atoms with Crippen LogP contribution in [0, 0.1) is 5.41 Å². The highest BCUT2D eigenvalue weighted by atomic mass is 16.5. The lowest BCUT2D eigenvalue weighted by atomic mass is 9.93. The van der Waals surface area contributed by atoms with E-state index in [2.05, 4.69) is 10.5 Å². The lowest BCUT2D eigenvalue weighted by Crippen LogP contribution is -2.42. The molecule has 7 heteroatoms. The normalized spacial score (nSPS) is 16.0. The van der Waals surface area contributed by atoms with E-state index < -0.39 is 11.3 Å². The van der Waals surface area contributed by atoms with Gasteiger partial charge in [-0.1, -0.05) is 12.1 Å². The fraction of sp³-hybridized carbons (Fsp3) is 0.389. The Hall–Kier alpha value is -2.83. The first kappa shape index (κ1) is 17.0. The highest BCUT2D eigenvalue weighted by Gasteiger charge is 2.37. The third kappa shape index (κ3) is 3.35. The Labute approximate surface area is 145 Å². The van der Waals surface area contributed by atoms with Gasteiger partial charge in [0.2, 0.25) is 11.7 Å². The van der Waals surface area contributed by atoms with Crippen LogP contribution in [0.5, 0.6) is 5.75 Å². The average molecular weight is 343 g/mol. The van der Waals surface area contributed by atoms with Crippen LogP contribution in [0.2, 0.25) is 0 Å². The van der Waals surface area contributed by atoms with E-state index in [1.54, 1.807) is 23.1 Å². The number of rotatable bonds is 4. The van der Waals surface area contributed by atoms with Gasteiger partial charge in [-0.15, -0.1) is 0 Å². The second-order valence-electron chi connectivity index (χ2n) is 6.64. The first-order valence-corrected chi connectivity index (χ1v) is 8.23. The third-order valence-corrected chi connectivity index (χ3v) is 4.03. The molecule has 2 amide bonds. The molecule has 25 heavy (non-hydrogen) atoms. The quantitative estimate of drug-likeness (QED) is 0.922. The smallest absolute Gasteiger partial charge is 0.294 e. The fourth-order valence-electron chi connectivity index (χ4n) is 2.70. The molecule has 0 bridgehead atoms. The molecule has 0 unspecified atom stereocenters. The van der Waals surface area contributed by atoms with Crippen molar-refractivity contribution >= 4 is 23.2 Å². The van der Waals surface area contributed by atoms with Crippen molar-refractivity contribution in [2.45, 2.75) is 27.2 Å². The minimum Gasteiger partial charge on any atom is -0.490 e. The summed E-state index contributed by atoms with van der Waals surface area (Å²) in [4.78, 5) is 26.6. The van der Waals surface area contributed by atoms with Gasteiger partial charge in [0.05, 0.1) is 17.3 Å². The molecule has 7 nitrogen and oxygen atoms in total. The Morgan fingerprint density at radius 3 is 2.84 bits per heavy atom. The van der Waals surface area contributed by atoms with Gasteiger partial charge in [0.15, 0.2) is 0 Å². The van der Waals surface area contributed by atoms with Crippen molar-refractivity contribution in [1.82, 2.24) is 5.16 Å². The summed E-state index contributed by atoms with van der Waals surface area (Å²) < 4.78 is 10.7. The predicted molar refractivity (Wildman–Crippen MR) is 92.8 cm³/mol. The van der Waals surface area contributed by atoms with Gasteiger partial charge in [0.25, 0.3) is 5.91 Å². The number of anilines is 2. The van der Waals surface area contributed by atoms with Crippen molar-refractivity contribution in [3.63, 3.8) is 0 Å². The summed E-state index contributed by atoms with van der Waals surface area (Å²) in [5, 5.41) is 6.26. The number of hydrogen-bond donors (Lipinski definition) is 1. The zero-order valence-electron chi connectivity index (χ0n) is 14.5. The minimum absolute atomic E-state index is 0.0338. The van der Waals surface area contributed by atoms with Crippen molar-refractivity contribution in [1.29, 1.82) is 0 Å². The Bertz CT molecular complexity index is 784. The monoisotopic (exact) mass is 343 g/mol. The molecule has 3 rings (SSSR count). The summed E-state index contributed by atoms with van der Waals surface area (Å²) in [6.07, 6.45) is 2.25. The van der Waals surface area contributed by atoms with Crippen LogP contribution in [0.15, 0.2) is 35.0 Å². The predicted octanol–water partition coefficient (Wildman–Crippen LogP) is 3.09. The van der Waals surface area contributed by atoms with Crippen molar-refractivity contribution in [2.75, 3.05) is 23.4 Å². The molecule has 132 valence electrons. The zero-order valence-corrected chi connectivity index (χ0v) is 14.5. The van der Waals surface area contributed by atoms with E-state index in [4.69, 9.17) is 9.26 Å². The molecular weight excluding hydrogens is 322 g/mol. The maximum absolute atomic E-state index is 12.8. The molecule has 0 saturated carbocycles. The molecule has 0 spiro atoms. The second-order valence-corrected chi connectivity index (χ2v) is 6.64. The molecular formula is C18H21N3O4. The number of nitrogens with zero attached hydrogens (tertiary/aromatic N) is 2. The molecule has 0 radical (unpaired) electrons. The molecule has 0 atom stereocenters. The number of carbonyl (C=O) groups excluding carboxylic acids is 2. The van der Waals surface area contributed by atoms with E-state index in [0.717, 1.165) is 12.1 Å². The Morgan fingerprint density at radius 1 is 1.36 bits per heavy atom. The Morgan fingerprint density at radius 2 is 2.16 bits per heavy atom. The van der Waals surface area contributed by atoms with Crippen LogP contribution >= 0.6 is 0 Å². The molecule has 1 aromatic carbocycles. The van der Waals surface area contributed by atoms with E-state index >= 15 is 0 Å². The van der Waals surface area contributed by atoms with Crippen LogP contribution in [0.25, 0.3) is 0 Å². The second kappa shape index (κ2) is 6.58. The largest absolute Gasteiger partial charge is 0.490 e. The van der Waals surface area contributed by atoms with Crippen LogP contribution in [-0.2, 0) is 4.79 Å². The van der Waals surface area contributed by atoms with Gasteiger partial charge in [-0.2, -0.15) is 0 Å². The molecule has 2 aromatic rings. The van der Waals surface area contributed by atoms with Crippen LogP contribution in [-0.4, -0.2) is 30.1 Å². The van der Waals surface area contributed by atoms with Gasteiger partial charge in [-0.05, 0) is 32.4 Å². The Balaban J connectivity index is 1.90. The number of aromatic nitrogens is 1. The van der Waals surface area contributed by atoms with E-state index in [1.165, 1.54) is 12.3 Å². The lowest BCUT2D eigenvalue weighted by Gasteiger charge is -2.27. The van der Waals surface area contributed by atoms with Gasteiger partial charge >= 0.3 is 0 Å². The fourth-order valence-corrected chi connectivity index (χ4v) is 2.70. The van der Waals surface area contributed by atoms with Gasteiger partial charge in [0.1, 0.15) is 12.4 Å². The summed E-state index contributed by atoms with van der Waals surface area (Å²) in [7, 11) is 0. The van der Waals surface area contributed by atoms with Gasteiger partial charge in [0, 0.05) is 24.4 Å². The topological polar surface area (TPSA) is 84.7 Å². The standard InChI is InChI=1S/C18H21N3O4/c1-4-9-21-13-6-5-12(20-16(22)14-7-8-19-25-14)10-15(13)24-11-18(2,3)17(21)23/h5-8,10H,4,9,11H2,1-3H3,(H,20,22). The van der Waals surface area contributed by atoms with Gasteiger partial charge in [-0.3, -0.25) is 9.59 Å². The Kier molecular flexibility index (Phi) is 4.48. The van der Waals surface area contributed by atoms with Crippen molar-refractivity contribution < 1.29 is 18.8 Å². The number of carbonyl (C=O) groups is 2. The maximum Gasteiger partial charge on any atom is 0.294 e. The van der Waals surface area contributed by atoms with Crippen molar-refractivity contribution in [2.24, 2.45) is 5.41 Å². The highest BCUT2D eigenvalue weighted by Crippen LogP contribution is 2.38. The van der Waals surface area contributed by atoms with E-state index in [-0.39, 0.29) is 18.3 Å². The van der Waals surface area contributed by atoms with Crippen LogP contribution < -0.4 is 15.0 Å². The van der Waals surface area contributed by atoms with Crippen molar-refractivity contribution in [3.05, 3.63) is 36.2 Å². The van der Waals surface area contributed by atoms with E-state index in [1.807, 2.05) is 20.8 Å². The van der Waals surface area contributed by atoms with Crippen LogP contribution in [0.1, 0.15) is 37.7 Å². The summed E-state index contributed by atoms with van der Waals surface area (Å²) in [6.45, 7) is 6.66. The third-order valence-electron chi connectivity index (χ3n) is 4.03. The number of nitrogens with one attached hydrogen (secondary N) is 1. The summed E-state index contributed by atoms with van der Waals surface area (Å²) >= 11 is 0. The van der Waals surface area contributed by atoms with Gasteiger partial charge in [-0.25, -0.2) is 0 Å². The minimum atomic E-state index is -0.614. The SMILES string of the molecule is CCCN1C(=O)C(C)(C)COc2cc(NC(=O)c3ccno3)ccc21. The molecule has 1 N–H and O–H groups in total. The molecule has 1 aliphatic rings. The van der Waals surface area contributed by atoms with E-state index in [0.29, 0.717) is 18.0 Å². The van der Waals surface area contributed by atoms with Crippen LogP contribution in [0.3, 0.4) is 0 Å². The number of amides is 2. The number of benzene rings is 1. The highest BCUT2D eigenvalue weighted by molar-refractivity contribution is 6.03. The van der Waals surface area contributed by atoms with E-state index in [9.17, 15) is 9.59 Å². The lowest BCUT2D eigenvalue weighted by molar-refractivity contribution is -0.127. The molecule has 2 heterocycles. The molecule has 1 aromatic heterocycles. The molecule has 1 aliphatic heterocycles. The molecule has 0 fully saturated rings. The summed E-state index contributed by atoms with van der Waals surface area (Å²) in [5.41, 5.74) is 0.663. The first-order valence-electron chi connectivity index (χ1n) is 8.23. The molecule has 0 saturated heterocycles. The zero-order chi connectivity index (χ0) is 18.0. The number of ether oxygens (including phenoxy) is 1. The molecule has 0 aliphatic carbocycles. The number of fused-ring (bicyclic) bond motifs is 1. The van der Waals surface area contributed by atoms with Crippen molar-refractivity contribution in [3.8, 4) is 5.75 Å². The van der Waals surface area contributed by atoms with Gasteiger partial charge < -0.3 is 19.5 Å². The summed E-state index contributed by atoms with van der Waals surface area (Å²) in [6, 6.07) is 6.74. The summed E-state index contributed by atoms with van der Waals surface area (Å²) in [5.74, 6) is 0.335.